The molecule has 4 rings (SSSR count). The molecule has 2 atom stereocenters. The molecular formula is C19H15NO2S. The smallest absolute Gasteiger partial charge is 0.323 e. The molecule has 0 fully saturated rings. The van der Waals surface area contributed by atoms with Crippen LogP contribution >= 0.6 is 11.8 Å². The summed E-state index contributed by atoms with van der Waals surface area (Å²) in [5, 5.41) is 1.90. The van der Waals surface area contributed by atoms with Gasteiger partial charge in [-0.05, 0) is 35.6 Å². The van der Waals surface area contributed by atoms with Crippen molar-refractivity contribution in [2.24, 2.45) is 10.9 Å². The summed E-state index contributed by atoms with van der Waals surface area (Å²) >= 11 is 1.58. The lowest BCUT2D eigenvalue weighted by atomic mass is 9.93. The van der Waals surface area contributed by atoms with Gasteiger partial charge >= 0.3 is 5.97 Å². The molecule has 2 aromatic carbocycles. The van der Waals surface area contributed by atoms with Gasteiger partial charge in [0, 0.05) is 5.56 Å². The molecule has 114 valence electrons. The highest BCUT2D eigenvalue weighted by molar-refractivity contribution is 8.03. The minimum absolute atomic E-state index is 0.136. The van der Waals surface area contributed by atoms with Gasteiger partial charge in [-0.15, -0.1) is 11.8 Å². The van der Waals surface area contributed by atoms with Crippen LogP contribution in [0.2, 0.25) is 0 Å². The Morgan fingerprint density at radius 3 is 2.48 bits per heavy atom. The highest BCUT2D eigenvalue weighted by atomic mass is 32.2. The van der Waals surface area contributed by atoms with E-state index >= 15 is 0 Å². The normalized spacial score (nSPS) is 22.9. The number of nitrogens with zero attached hydrogens (tertiary/aromatic N) is 1. The molecule has 0 aromatic heterocycles. The fourth-order valence-corrected chi connectivity index (χ4v) is 3.95. The summed E-state index contributed by atoms with van der Waals surface area (Å²) in [5.74, 6) is -0.122. The predicted molar refractivity (Wildman–Crippen MR) is 93.1 cm³/mol. The number of hydrogen-bond donors (Lipinski definition) is 0. The monoisotopic (exact) mass is 321 g/mol. The molecule has 2 aliphatic rings. The van der Waals surface area contributed by atoms with Crippen LogP contribution in [0, 0.1) is 12.8 Å². The number of fused-ring (bicyclic) bond motifs is 1. The van der Waals surface area contributed by atoms with E-state index in [0.717, 1.165) is 22.3 Å². The average molecular weight is 321 g/mol. The molecule has 0 amide bonds. The van der Waals surface area contributed by atoms with E-state index in [-0.39, 0.29) is 17.3 Å². The molecule has 0 bridgehead atoms. The molecule has 0 radical (unpaired) electrons. The van der Waals surface area contributed by atoms with Crippen LogP contribution in [0.3, 0.4) is 0 Å². The van der Waals surface area contributed by atoms with E-state index in [1.165, 1.54) is 0 Å². The maximum absolute atomic E-state index is 12.6. The second kappa shape index (κ2) is 5.70. The third-order valence-corrected chi connectivity index (χ3v) is 5.10. The molecule has 0 saturated carbocycles. The van der Waals surface area contributed by atoms with Crippen LogP contribution in [0.25, 0.3) is 5.57 Å². The Morgan fingerprint density at radius 2 is 1.74 bits per heavy atom. The van der Waals surface area contributed by atoms with Crippen molar-refractivity contribution in [3.63, 3.8) is 0 Å². The third-order valence-electron chi connectivity index (χ3n) is 4.06. The Labute approximate surface area is 139 Å². The lowest BCUT2D eigenvalue weighted by molar-refractivity contribution is -0.138. The molecule has 2 heterocycles. The SMILES string of the molecule is Cc1ccc(C2=N[C@H]3SC=C(c4ccccc4)[C@@H]3C(=O)O2)cc1. The van der Waals surface area contributed by atoms with Gasteiger partial charge in [0.1, 0.15) is 11.3 Å². The van der Waals surface area contributed by atoms with Crippen molar-refractivity contribution in [3.05, 3.63) is 76.7 Å². The number of carbonyl (C=O) groups is 1. The number of ether oxygens (including phenoxy) is 1. The number of thioether (sulfide) groups is 1. The maximum atomic E-state index is 12.6. The molecule has 2 aliphatic heterocycles. The first kappa shape index (κ1) is 14.3. The first-order valence-corrected chi connectivity index (χ1v) is 8.44. The van der Waals surface area contributed by atoms with Gasteiger partial charge in [-0.2, -0.15) is 0 Å². The lowest BCUT2D eigenvalue weighted by Crippen LogP contribution is -2.33. The topological polar surface area (TPSA) is 38.7 Å². The van der Waals surface area contributed by atoms with Crippen molar-refractivity contribution >= 4 is 29.2 Å². The van der Waals surface area contributed by atoms with Gasteiger partial charge in [-0.1, -0.05) is 48.0 Å². The number of benzene rings is 2. The van der Waals surface area contributed by atoms with Crippen LogP contribution in [0.15, 0.2) is 65.0 Å². The molecule has 3 nitrogen and oxygen atoms in total. The van der Waals surface area contributed by atoms with Crippen molar-refractivity contribution in [1.29, 1.82) is 0 Å². The summed E-state index contributed by atoms with van der Waals surface area (Å²) in [4.78, 5) is 17.2. The maximum Gasteiger partial charge on any atom is 0.323 e. The molecule has 0 aliphatic carbocycles. The fraction of sp³-hybridized carbons (Fsp3) is 0.158. The van der Waals surface area contributed by atoms with Crippen molar-refractivity contribution in [3.8, 4) is 0 Å². The average Bonchev–Trinajstić information content (AvgIpc) is 3.01. The molecule has 4 heteroatoms. The highest BCUT2D eigenvalue weighted by Crippen LogP contribution is 2.44. The van der Waals surface area contributed by atoms with Gasteiger partial charge in [0.15, 0.2) is 0 Å². The third kappa shape index (κ3) is 2.59. The van der Waals surface area contributed by atoms with Crippen molar-refractivity contribution in [2.45, 2.75) is 12.3 Å². The summed E-state index contributed by atoms with van der Waals surface area (Å²) in [6, 6.07) is 17.8. The van der Waals surface area contributed by atoms with E-state index in [1.54, 1.807) is 11.8 Å². The van der Waals surface area contributed by atoms with E-state index < -0.39 is 0 Å². The minimum atomic E-state index is -0.323. The van der Waals surface area contributed by atoms with Crippen molar-refractivity contribution in [1.82, 2.24) is 0 Å². The van der Waals surface area contributed by atoms with Crippen LogP contribution in [0.5, 0.6) is 0 Å². The zero-order chi connectivity index (χ0) is 15.8. The van der Waals surface area contributed by atoms with E-state index in [2.05, 4.69) is 4.99 Å². The predicted octanol–water partition coefficient (Wildman–Crippen LogP) is 4.03. The fourth-order valence-electron chi connectivity index (χ4n) is 2.81. The second-order valence-corrected chi connectivity index (χ2v) is 6.66. The summed E-state index contributed by atoms with van der Waals surface area (Å²) < 4.78 is 5.53. The minimum Gasteiger partial charge on any atom is -0.407 e. The Bertz CT molecular complexity index is 809. The number of esters is 1. The molecule has 0 spiro atoms. The number of rotatable bonds is 2. The lowest BCUT2D eigenvalue weighted by Gasteiger charge is -2.24. The standard InChI is InChI=1S/C19H15NO2S/c1-12-7-9-14(10-8-12)17-20-18-16(19(21)22-17)15(11-23-18)13-5-3-2-4-6-13/h2-11,16,18H,1H3/t16-,18-/m0/s1. The highest BCUT2D eigenvalue weighted by Gasteiger charge is 2.42. The molecule has 0 unspecified atom stereocenters. The van der Waals surface area contributed by atoms with Gasteiger partial charge in [0.25, 0.3) is 0 Å². The first-order valence-electron chi connectivity index (χ1n) is 7.50. The Hall–Kier alpha value is -2.33. The molecule has 2 aromatic rings. The van der Waals surface area contributed by atoms with Crippen LogP contribution in [-0.4, -0.2) is 17.2 Å². The van der Waals surface area contributed by atoms with E-state index in [9.17, 15) is 4.79 Å². The van der Waals surface area contributed by atoms with Gasteiger partial charge in [0.2, 0.25) is 5.90 Å². The van der Waals surface area contributed by atoms with E-state index in [1.807, 2.05) is 66.9 Å². The Balaban J connectivity index is 1.65. The Kier molecular flexibility index (Phi) is 3.54. The number of cyclic esters (lactones) is 1. The Morgan fingerprint density at radius 1 is 1.00 bits per heavy atom. The second-order valence-electron chi connectivity index (χ2n) is 5.66. The molecule has 0 N–H and O–H groups in total. The van der Waals surface area contributed by atoms with E-state index in [0.29, 0.717) is 5.90 Å². The van der Waals surface area contributed by atoms with Crippen molar-refractivity contribution < 1.29 is 9.53 Å². The zero-order valence-electron chi connectivity index (χ0n) is 12.6. The first-order chi connectivity index (χ1) is 11.2. The summed E-state index contributed by atoms with van der Waals surface area (Å²) in [5.41, 5.74) is 4.06. The summed E-state index contributed by atoms with van der Waals surface area (Å²) in [6.45, 7) is 2.03. The number of carbonyl (C=O) groups excluding carboxylic acids is 1. The van der Waals surface area contributed by atoms with Crippen LogP contribution in [0.4, 0.5) is 0 Å². The largest absolute Gasteiger partial charge is 0.407 e. The van der Waals surface area contributed by atoms with Crippen LogP contribution in [0.1, 0.15) is 16.7 Å². The van der Waals surface area contributed by atoms with Crippen molar-refractivity contribution in [2.75, 3.05) is 0 Å². The number of hydrogen-bond acceptors (Lipinski definition) is 4. The zero-order valence-corrected chi connectivity index (χ0v) is 13.4. The van der Waals surface area contributed by atoms with Gasteiger partial charge < -0.3 is 4.74 Å². The molecule has 0 saturated heterocycles. The summed E-state index contributed by atoms with van der Waals surface area (Å²) in [6.07, 6.45) is 0. The molecule has 23 heavy (non-hydrogen) atoms. The van der Waals surface area contributed by atoms with Gasteiger partial charge in [-0.3, -0.25) is 4.79 Å². The number of aliphatic imine (C=N–C) groups is 1. The van der Waals surface area contributed by atoms with E-state index in [4.69, 9.17) is 4.74 Å². The van der Waals surface area contributed by atoms with Crippen LogP contribution < -0.4 is 0 Å². The summed E-state index contributed by atoms with van der Waals surface area (Å²) in [7, 11) is 0. The van der Waals surface area contributed by atoms with Gasteiger partial charge in [0.05, 0.1) is 0 Å². The quantitative estimate of drug-likeness (QED) is 0.784. The van der Waals surface area contributed by atoms with Gasteiger partial charge in [-0.25, -0.2) is 4.99 Å². The van der Waals surface area contributed by atoms with Crippen LogP contribution in [-0.2, 0) is 9.53 Å². The molecular weight excluding hydrogens is 306 g/mol. The number of aryl methyl sites for hydroxylation is 1.